The van der Waals surface area contributed by atoms with E-state index in [0.717, 1.165) is 9.87 Å². The molecule has 0 fully saturated rings. The number of rotatable bonds is 11. The van der Waals surface area contributed by atoms with E-state index in [9.17, 15) is 18.0 Å². The number of amides is 2. The van der Waals surface area contributed by atoms with Crippen molar-refractivity contribution >= 4 is 27.5 Å². The Hall–Kier alpha value is -3.85. The first-order chi connectivity index (χ1) is 17.3. The van der Waals surface area contributed by atoms with Gasteiger partial charge in [0.15, 0.2) is 0 Å². The fraction of sp³-hybridized carbons (Fsp3) is 0.259. The van der Waals surface area contributed by atoms with Gasteiger partial charge in [-0.15, -0.1) is 0 Å². The largest absolute Gasteiger partial charge is 0.497 e. The Bertz CT molecular complexity index is 1250. The first-order valence-corrected chi connectivity index (χ1v) is 13.0. The summed E-state index contributed by atoms with van der Waals surface area (Å²) < 4.78 is 33.6. The summed E-state index contributed by atoms with van der Waals surface area (Å²) in [6.45, 7) is 3.51. The van der Waals surface area contributed by atoms with E-state index in [1.54, 1.807) is 56.3 Å². The van der Waals surface area contributed by atoms with E-state index in [1.807, 2.05) is 30.3 Å². The number of hydrogen-bond donors (Lipinski definition) is 1. The van der Waals surface area contributed by atoms with Crippen molar-refractivity contribution in [3.8, 4) is 5.75 Å². The predicted molar refractivity (Wildman–Crippen MR) is 139 cm³/mol. The molecule has 0 radical (unpaired) electrons. The van der Waals surface area contributed by atoms with Crippen molar-refractivity contribution < 1.29 is 22.7 Å². The fourth-order valence-electron chi connectivity index (χ4n) is 3.68. The maximum absolute atomic E-state index is 13.7. The maximum Gasteiger partial charge on any atom is 0.264 e. The van der Waals surface area contributed by atoms with Gasteiger partial charge >= 0.3 is 0 Å². The van der Waals surface area contributed by atoms with E-state index in [-0.39, 0.29) is 17.3 Å². The average Bonchev–Trinajstić information content (AvgIpc) is 2.91. The first-order valence-electron chi connectivity index (χ1n) is 11.6. The number of anilines is 1. The van der Waals surface area contributed by atoms with Gasteiger partial charge in [0, 0.05) is 13.1 Å². The molecule has 0 aliphatic rings. The molecule has 3 aromatic rings. The lowest BCUT2D eigenvalue weighted by atomic mass is 10.1. The third-order valence-electron chi connectivity index (χ3n) is 5.68. The molecule has 1 atom stereocenters. The minimum atomic E-state index is -4.09. The standard InChI is InChI=1S/C27H31N3O5S/c1-4-28-27(32)21(2)29(19-22-11-7-5-8-12-22)26(31)20-30(23-15-17-24(35-3)18-16-23)36(33,34)25-13-9-6-10-14-25/h5-18,21H,4,19-20H2,1-3H3,(H,28,32)/t21-/m0/s1. The maximum atomic E-state index is 13.7. The highest BCUT2D eigenvalue weighted by molar-refractivity contribution is 7.92. The van der Waals surface area contributed by atoms with Gasteiger partial charge in [0.2, 0.25) is 11.8 Å². The Balaban J connectivity index is 2.00. The van der Waals surface area contributed by atoms with Crippen molar-refractivity contribution in [3.63, 3.8) is 0 Å². The second kappa shape index (κ2) is 12.2. The quantitative estimate of drug-likeness (QED) is 0.427. The van der Waals surface area contributed by atoms with Crippen LogP contribution in [-0.4, -0.2) is 51.4 Å². The Morgan fingerprint density at radius 3 is 2.06 bits per heavy atom. The van der Waals surface area contributed by atoms with Crippen LogP contribution in [0.2, 0.25) is 0 Å². The fourth-order valence-corrected chi connectivity index (χ4v) is 5.12. The smallest absolute Gasteiger partial charge is 0.264 e. The molecule has 0 aliphatic carbocycles. The van der Waals surface area contributed by atoms with Crippen molar-refractivity contribution in [1.82, 2.24) is 10.2 Å². The van der Waals surface area contributed by atoms with Gasteiger partial charge in [-0.1, -0.05) is 48.5 Å². The molecule has 0 saturated carbocycles. The second-order valence-corrected chi connectivity index (χ2v) is 9.96. The number of sulfonamides is 1. The summed E-state index contributed by atoms with van der Waals surface area (Å²) in [6, 6.07) is 22.8. The van der Waals surface area contributed by atoms with Crippen molar-refractivity contribution in [2.45, 2.75) is 31.3 Å². The number of nitrogens with one attached hydrogen (secondary N) is 1. The van der Waals surface area contributed by atoms with Gasteiger partial charge < -0.3 is 15.0 Å². The summed E-state index contributed by atoms with van der Waals surface area (Å²) >= 11 is 0. The van der Waals surface area contributed by atoms with Crippen LogP contribution >= 0.6 is 0 Å². The van der Waals surface area contributed by atoms with Gasteiger partial charge in [0.05, 0.1) is 17.7 Å². The van der Waals surface area contributed by atoms with Crippen LogP contribution < -0.4 is 14.4 Å². The molecule has 3 rings (SSSR count). The average molecular weight is 510 g/mol. The molecule has 8 nitrogen and oxygen atoms in total. The van der Waals surface area contributed by atoms with Crippen LogP contribution in [-0.2, 0) is 26.2 Å². The molecular formula is C27H31N3O5S. The molecule has 1 N–H and O–H groups in total. The van der Waals surface area contributed by atoms with Crippen LogP contribution in [0, 0.1) is 0 Å². The first kappa shape index (κ1) is 26.7. The third kappa shape index (κ3) is 6.42. The van der Waals surface area contributed by atoms with Crippen LogP contribution in [0.15, 0.2) is 89.8 Å². The number of nitrogens with zero attached hydrogens (tertiary/aromatic N) is 2. The predicted octanol–water partition coefficient (Wildman–Crippen LogP) is 3.44. The number of methoxy groups -OCH3 is 1. The van der Waals surface area contributed by atoms with E-state index in [1.165, 1.54) is 24.1 Å². The highest BCUT2D eigenvalue weighted by Gasteiger charge is 2.32. The molecule has 0 unspecified atom stereocenters. The van der Waals surface area contributed by atoms with E-state index in [0.29, 0.717) is 18.0 Å². The summed E-state index contributed by atoms with van der Waals surface area (Å²) in [5, 5.41) is 2.74. The number of benzene rings is 3. The summed E-state index contributed by atoms with van der Waals surface area (Å²) in [5.74, 6) is -0.269. The van der Waals surface area contributed by atoms with Crippen LogP contribution in [0.3, 0.4) is 0 Å². The van der Waals surface area contributed by atoms with Crippen molar-refractivity contribution in [2.75, 3.05) is 24.5 Å². The monoisotopic (exact) mass is 509 g/mol. The molecule has 9 heteroatoms. The number of likely N-dealkylation sites (N-methyl/N-ethyl adjacent to an activating group) is 1. The highest BCUT2D eigenvalue weighted by atomic mass is 32.2. The Labute approximate surface area is 212 Å². The summed E-state index contributed by atoms with van der Waals surface area (Å²) in [6.07, 6.45) is 0. The molecule has 0 spiro atoms. The van der Waals surface area contributed by atoms with Gasteiger partial charge in [0.25, 0.3) is 10.0 Å². The van der Waals surface area contributed by atoms with Gasteiger partial charge in [0.1, 0.15) is 18.3 Å². The van der Waals surface area contributed by atoms with Gasteiger partial charge in [-0.2, -0.15) is 0 Å². The van der Waals surface area contributed by atoms with Crippen LogP contribution in [0.5, 0.6) is 5.75 Å². The molecular weight excluding hydrogens is 478 g/mol. The van der Waals surface area contributed by atoms with E-state index >= 15 is 0 Å². The van der Waals surface area contributed by atoms with E-state index in [4.69, 9.17) is 4.74 Å². The van der Waals surface area contributed by atoms with E-state index in [2.05, 4.69) is 5.32 Å². The molecule has 0 aromatic heterocycles. The van der Waals surface area contributed by atoms with E-state index < -0.39 is 28.5 Å². The number of carbonyl (C=O) groups excluding carboxylic acids is 2. The molecule has 0 aliphatic heterocycles. The van der Waals surface area contributed by atoms with Crippen LogP contribution in [0.4, 0.5) is 5.69 Å². The van der Waals surface area contributed by atoms with Crippen molar-refractivity contribution in [3.05, 3.63) is 90.5 Å². The number of carbonyl (C=O) groups is 2. The lowest BCUT2D eigenvalue weighted by Gasteiger charge is -2.32. The van der Waals surface area contributed by atoms with Gasteiger partial charge in [-0.3, -0.25) is 13.9 Å². The van der Waals surface area contributed by atoms with Crippen molar-refractivity contribution in [1.29, 1.82) is 0 Å². The molecule has 0 bridgehead atoms. The zero-order chi connectivity index (χ0) is 26.1. The summed E-state index contributed by atoms with van der Waals surface area (Å²) in [4.78, 5) is 27.8. The molecule has 190 valence electrons. The van der Waals surface area contributed by atoms with Gasteiger partial charge in [-0.05, 0) is 55.8 Å². The SMILES string of the molecule is CCNC(=O)[C@H](C)N(Cc1ccccc1)C(=O)CN(c1ccc(OC)cc1)S(=O)(=O)c1ccccc1. The molecule has 36 heavy (non-hydrogen) atoms. The summed E-state index contributed by atoms with van der Waals surface area (Å²) in [7, 11) is -2.57. The lowest BCUT2D eigenvalue weighted by Crippen LogP contribution is -2.51. The third-order valence-corrected chi connectivity index (χ3v) is 7.47. The lowest BCUT2D eigenvalue weighted by molar-refractivity contribution is -0.139. The van der Waals surface area contributed by atoms with Gasteiger partial charge in [-0.25, -0.2) is 8.42 Å². The highest BCUT2D eigenvalue weighted by Crippen LogP contribution is 2.26. The minimum Gasteiger partial charge on any atom is -0.497 e. The molecule has 3 aromatic carbocycles. The second-order valence-electron chi connectivity index (χ2n) is 8.10. The molecule has 0 saturated heterocycles. The minimum absolute atomic E-state index is 0.0556. The van der Waals surface area contributed by atoms with Crippen molar-refractivity contribution in [2.24, 2.45) is 0 Å². The zero-order valence-electron chi connectivity index (χ0n) is 20.6. The number of hydrogen-bond acceptors (Lipinski definition) is 5. The normalized spacial score (nSPS) is 11.9. The Morgan fingerprint density at radius 1 is 0.917 bits per heavy atom. The Kier molecular flexibility index (Phi) is 9.08. The molecule has 0 heterocycles. The summed E-state index contributed by atoms with van der Waals surface area (Å²) in [5.41, 5.74) is 1.13. The Morgan fingerprint density at radius 2 is 1.50 bits per heavy atom. The van der Waals surface area contributed by atoms with Crippen LogP contribution in [0.1, 0.15) is 19.4 Å². The number of ether oxygens (including phenoxy) is 1. The van der Waals surface area contributed by atoms with Crippen LogP contribution in [0.25, 0.3) is 0 Å². The zero-order valence-corrected chi connectivity index (χ0v) is 21.4. The topological polar surface area (TPSA) is 96.0 Å². The molecule has 2 amide bonds.